The first-order chi connectivity index (χ1) is 14.2. The van der Waals surface area contributed by atoms with Gasteiger partial charge in [-0.25, -0.2) is 12.7 Å². The summed E-state index contributed by atoms with van der Waals surface area (Å²) in [6.07, 6.45) is 0. The molecule has 30 heavy (non-hydrogen) atoms. The number of nitrogens with zero attached hydrogens (tertiary/aromatic N) is 1. The van der Waals surface area contributed by atoms with E-state index in [4.69, 9.17) is 0 Å². The highest BCUT2D eigenvalue weighted by molar-refractivity contribution is 7.89. The zero-order chi connectivity index (χ0) is 21.9. The molecule has 0 bridgehead atoms. The highest BCUT2D eigenvalue weighted by Gasteiger charge is 2.19. The number of amides is 1. The van der Waals surface area contributed by atoms with Crippen molar-refractivity contribution < 1.29 is 13.2 Å². The van der Waals surface area contributed by atoms with Gasteiger partial charge in [-0.2, -0.15) is 0 Å². The molecule has 0 aliphatic carbocycles. The Labute approximate surface area is 178 Å². The normalized spacial score (nSPS) is 12.8. The molecule has 0 radical (unpaired) electrons. The largest absolute Gasteiger partial charge is 0.325 e. The van der Waals surface area contributed by atoms with Gasteiger partial charge >= 0.3 is 0 Å². The zero-order valence-corrected chi connectivity index (χ0v) is 18.5. The van der Waals surface area contributed by atoms with Crippen LogP contribution in [0.1, 0.15) is 24.1 Å². The van der Waals surface area contributed by atoms with Crippen LogP contribution in [-0.2, 0) is 14.8 Å². The minimum Gasteiger partial charge on any atom is -0.325 e. The van der Waals surface area contributed by atoms with Gasteiger partial charge < -0.3 is 10.6 Å². The minimum absolute atomic E-state index is 0.0246. The van der Waals surface area contributed by atoms with Crippen molar-refractivity contribution in [3.05, 3.63) is 71.8 Å². The van der Waals surface area contributed by atoms with E-state index < -0.39 is 10.0 Å². The molecule has 0 unspecified atom stereocenters. The van der Waals surface area contributed by atoms with Crippen LogP contribution in [0.15, 0.2) is 65.6 Å². The van der Waals surface area contributed by atoms with Crippen molar-refractivity contribution in [3.8, 4) is 0 Å². The van der Waals surface area contributed by atoms with Crippen molar-refractivity contribution in [3.63, 3.8) is 0 Å². The van der Waals surface area contributed by atoms with Gasteiger partial charge in [-0.3, -0.25) is 4.79 Å². The highest BCUT2D eigenvalue weighted by atomic mass is 32.2. The van der Waals surface area contributed by atoms with Crippen LogP contribution in [0.3, 0.4) is 0 Å². The maximum atomic E-state index is 12.5. The van der Waals surface area contributed by atoms with Crippen molar-refractivity contribution in [2.45, 2.75) is 24.8 Å². The molecule has 0 saturated carbocycles. The fourth-order valence-corrected chi connectivity index (χ4v) is 4.21. The molecular formula is C23H27N3O3S. The molecule has 7 heteroatoms. The Morgan fingerprint density at radius 1 is 1.03 bits per heavy atom. The van der Waals surface area contributed by atoms with Gasteiger partial charge in [0.1, 0.15) is 0 Å². The van der Waals surface area contributed by atoms with Crippen LogP contribution in [-0.4, -0.2) is 39.3 Å². The lowest BCUT2D eigenvalue weighted by molar-refractivity contribution is -0.115. The highest BCUT2D eigenvalue weighted by Crippen LogP contribution is 2.24. The van der Waals surface area contributed by atoms with E-state index in [1.807, 2.05) is 32.0 Å². The molecule has 0 aliphatic heterocycles. The van der Waals surface area contributed by atoms with Crippen LogP contribution in [0, 0.1) is 6.92 Å². The quantitative estimate of drug-likeness (QED) is 0.605. The lowest BCUT2D eigenvalue weighted by Crippen LogP contribution is -2.30. The molecule has 3 rings (SSSR count). The average molecular weight is 426 g/mol. The SMILES string of the molecule is Cc1ccc(S(=O)(=O)N(C)C)cc1NC(=O)CN[C@@H](C)c1cccc2ccccc12. The van der Waals surface area contributed by atoms with E-state index in [-0.39, 0.29) is 23.4 Å². The summed E-state index contributed by atoms with van der Waals surface area (Å²) >= 11 is 0. The maximum Gasteiger partial charge on any atom is 0.242 e. The predicted molar refractivity (Wildman–Crippen MR) is 121 cm³/mol. The molecule has 3 aromatic carbocycles. The summed E-state index contributed by atoms with van der Waals surface area (Å²) < 4.78 is 25.9. The minimum atomic E-state index is -3.57. The summed E-state index contributed by atoms with van der Waals surface area (Å²) in [4.78, 5) is 12.7. The summed E-state index contributed by atoms with van der Waals surface area (Å²) in [5.74, 6) is -0.232. The molecule has 0 heterocycles. The van der Waals surface area contributed by atoms with Crippen molar-refractivity contribution >= 4 is 32.4 Å². The molecular weight excluding hydrogens is 398 g/mol. The third-order valence-corrected chi connectivity index (χ3v) is 6.93. The van der Waals surface area contributed by atoms with Gasteiger partial charge in [-0.1, -0.05) is 48.5 Å². The van der Waals surface area contributed by atoms with Crippen LogP contribution in [0.4, 0.5) is 5.69 Å². The molecule has 0 saturated heterocycles. The Bertz CT molecular complexity index is 1170. The third kappa shape index (κ3) is 4.70. The summed E-state index contributed by atoms with van der Waals surface area (Å²) in [5, 5.41) is 8.38. The number of hydrogen-bond acceptors (Lipinski definition) is 4. The van der Waals surface area contributed by atoms with Crippen LogP contribution >= 0.6 is 0 Å². The van der Waals surface area contributed by atoms with E-state index in [0.29, 0.717) is 5.69 Å². The van der Waals surface area contributed by atoms with Gasteiger partial charge in [0.15, 0.2) is 0 Å². The van der Waals surface area contributed by atoms with Crippen LogP contribution in [0.25, 0.3) is 10.8 Å². The first-order valence-corrected chi connectivity index (χ1v) is 11.2. The zero-order valence-electron chi connectivity index (χ0n) is 17.6. The molecule has 0 aromatic heterocycles. The fraction of sp³-hybridized carbons (Fsp3) is 0.261. The number of benzene rings is 3. The van der Waals surface area contributed by atoms with Gasteiger partial charge in [0.25, 0.3) is 0 Å². The monoisotopic (exact) mass is 425 g/mol. The molecule has 0 aliphatic rings. The van der Waals surface area contributed by atoms with Crippen molar-refractivity contribution in [2.24, 2.45) is 0 Å². The van der Waals surface area contributed by atoms with E-state index in [1.54, 1.807) is 12.1 Å². The third-order valence-electron chi connectivity index (χ3n) is 5.12. The lowest BCUT2D eigenvalue weighted by atomic mass is 10.00. The molecule has 3 aromatic rings. The van der Waals surface area contributed by atoms with Crippen molar-refractivity contribution in [1.29, 1.82) is 0 Å². The predicted octanol–water partition coefficient (Wildman–Crippen LogP) is 3.69. The standard InChI is InChI=1S/C23H27N3O3S/c1-16-12-13-19(30(28,29)26(3)4)14-22(16)25-23(27)15-24-17(2)20-11-7-9-18-8-5-6-10-21(18)20/h5-14,17,24H,15H2,1-4H3,(H,25,27)/t17-/m0/s1. The first-order valence-electron chi connectivity index (χ1n) is 9.74. The lowest BCUT2D eigenvalue weighted by Gasteiger charge is -2.17. The second-order valence-electron chi connectivity index (χ2n) is 7.48. The van der Waals surface area contributed by atoms with Crippen LogP contribution in [0.5, 0.6) is 0 Å². The molecule has 1 amide bonds. The molecule has 158 valence electrons. The van der Waals surface area contributed by atoms with Gasteiger partial charge in [0.05, 0.1) is 11.4 Å². The number of fused-ring (bicyclic) bond motifs is 1. The molecule has 1 atom stereocenters. The number of carbonyl (C=O) groups is 1. The van der Waals surface area contributed by atoms with Crippen LogP contribution in [0.2, 0.25) is 0 Å². The fourth-order valence-electron chi connectivity index (χ4n) is 3.29. The van der Waals surface area contributed by atoms with E-state index in [2.05, 4.69) is 34.9 Å². The Morgan fingerprint density at radius 2 is 1.73 bits per heavy atom. The second-order valence-corrected chi connectivity index (χ2v) is 9.64. The van der Waals surface area contributed by atoms with E-state index in [1.165, 1.54) is 20.2 Å². The summed E-state index contributed by atoms with van der Waals surface area (Å²) in [6, 6.07) is 19.0. The number of rotatable bonds is 7. The number of aryl methyl sites for hydroxylation is 1. The van der Waals surface area contributed by atoms with Crippen LogP contribution < -0.4 is 10.6 Å². The van der Waals surface area contributed by atoms with E-state index in [0.717, 1.165) is 26.2 Å². The van der Waals surface area contributed by atoms with Gasteiger partial charge in [0, 0.05) is 25.8 Å². The van der Waals surface area contributed by atoms with E-state index >= 15 is 0 Å². The van der Waals surface area contributed by atoms with Crippen molar-refractivity contribution in [1.82, 2.24) is 9.62 Å². The topological polar surface area (TPSA) is 78.5 Å². The number of carbonyl (C=O) groups excluding carboxylic acids is 1. The second kappa shape index (κ2) is 8.95. The summed E-state index contributed by atoms with van der Waals surface area (Å²) in [6.45, 7) is 3.95. The maximum absolute atomic E-state index is 12.5. The summed E-state index contributed by atoms with van der Waals surface area (Å²) in [5.41, 5.74) is 2.40. The average Bonchev–Trinajstić information content (AvgIpc) is 2.73. The molecule has 6 nitrogen and oxygen atoms in total. The van der Waals surface area contributed by atoms with Gasteiger partial charge in [-0.05, 0) is 47.9 Å². The molecule has 2 N–H and O–H groups in total. The number of sulfonamides is 1. The smallest absolute Gasteiger partial charge is 0.242 e. The van der Waals surface area contributed by atoms with Crippen molar-refractivity contribution in [2.75, 3.05) is 26.0 Å². The number of hydrogen-bond donors (Lipinski definition) is 2. The first kappa shape index (κ1) is 22.0. The van der Waals surface area contributed by atoms with E-state index in [9.17, 15) is 13.2 Å². The Hall–Kier alpha value is -2.74. The summed E-state index contributed by atoms with van der Waals surface area (Å²) in [7, 11) is -0.612. The van der Waals surface area contributed by atoms with Gasteiger partial charge in [0.2, 0.25) is 15.9 Å². The Morgan fingerprint density at radius 3 is 2.47 bits per heavy atom. The molecule has 0 spiro atoms. The number of nitrogens with one attached hydrogen (secondary N) is 2. The van der Waals surface area contributed by atoms with Gasteiger partial charge in [-0.15, -0.1) is 0 Å². The Balaban J connectivity index is 1.70. The molecule has 0 fully saturated rings. The Kier molecular flexibility index (Phi) is 6.55. The number of anilines is 1.